The van der Waals surface area contributed by atoms with Gasteiger partial charge in [-0.05, 0) is 31.2 Å². The van der Waals surface area contributed by atoms with Crippen LogP contribution >= 0.6 is 0 Å². The molecule has 6 N–H and O–H groups in total. The zero-order valence-corrected chi connectivity index (χ0v) is 15.2. The summed E-state index contributed by atoms with van der Waals surface area (Å²) >= 11 is 0. The van der Waals surface area contributed by atoms with Gasteiger partial charge in [-0.25, -0.2) is 0 Å². The minimum atomic E-state index is -4.55. The number of allylic oxidation sites excluding steroid dienone is 2. The molecule has 10 heteroatoms. The maximum atomic E-state index is 13.3. The summed E-state index contributed by atoms with van der Waals surface area (Å²) in [6, 6.07) is 3.20. The van der Waals surface area contributed by atoms with Crippen LogP contribution in [-0.4, -0.2) is 25.3 Å². The van der Waals surface area contributed by atoms with E-state index in [4.69, 9.17) is 21.1 Å². The molecular weight excluding hydrogens is 375 g/mol. The number of halogens is 3. The fourth-order valence-corrected chi connectivity index (χ4v) is 2.89. The summed E-state index contributed by atoms with van der Waals surface area (Å²) < 4.78 is 51.0. The Morgan fingerprint density at radius 3 is 2.64 bits per heavy atom. The van der Waals surface area contributed by atoms with Crippen LogP contribution in [0.2, 0.25) is 0 Å². The quantitative estimate of drug-likeness (QED) is 0.353. The minimum absolute atomic E-state index is 0.0752. The molecule has 1 aromatic carbocycles. The molecule has 0 unspecified atom stereocenters. The van der Waals surface area contributed by atoms with Gasteiger partial charge in [-0.2, -0.15) is 18.3 Å². The van der Waals surface area contributed by atoms with Crippen LogP contribution in [0.25, 0.3) is 5.57 Å². The average molecular weight is 395 g/mol. The normalized spacial score (nSPS) is 23.4. The molecule has 28 heavy (non-hydrogen) atoms. The number of rotatable bonds is 4. The first-order valence-corrected chi connectivity index (χ1v) is 8.31. The molecule has 7 nitrogen and oxygen atoms in total. The average Bonchev–Trinajstić information content (AvgIpc) is 2.95. The first-order valence-electron chi connectivity index (χ1n) is 8.31. The summed E-state index contributed by atoms with van der Waals surface area (Å²) in [5.41, 5.74) is 6.77. The maximum Gasteiger partial charge on any atom is 0.416 e. The van der Waals surface area contributed by atoms with Gasteiger partial charge in [0.2, 0.25) is 0 Å². The number of hydrogen-bond acceptors (Lipinski definition) is 6. The first-order chi connectivity index (χ1) is 13.2. The number of nitrogens with zero attached hydrogens (tertiary/aromatic N) is 1. The molecule has 0 aliphatic carbocycles. The Morgan fingerprint density at radius 2 is 2.04 bits per heavy atom. The van der Waals surface area contributed by atoms with Crippen LogP contribution in [0.15, 0.2) is 53.0 Å². The van der Waals surface area contributed by atoms with Crippen LogP contribution in [0, 0.1) is 0 Å². The molecule has 0 bridgehead atoms. The van der Waals surface area contributed by atoms with E-state index in [-0.39, 0.29) is 11.6 Å². The van der Waals surface area contributed by atoms with Crippen molar-refractivity contribution in [3.05, 3.63) is 59.0 Å². The second-order valence-electron chi connectivity index (χ2n) is 6.24. The van der Waals surface area contributed by atoms with Gasteiger partial charge < -0.3 is 25.9 Å². The molecule has 0 aromatic heterocycles. The van der Waals surface area contributed by atoms with Crippen LogP contribution in [0.4, 0.5) is 13.2 Å². The number of dihydropyridines is 1. The zero-order chi connectivity index (χ0) is 20.5. The highest BCUT2D eigenvalue weighted by molar-refractivity contribution is 5.97. The predicted molar refractivity (Wildman–Crippen MR) is 98.6 cm³/mol. The van der Waals surface area contributed by atoms with Crippen molar-refractivity contribution in [2.24, 2.45) is 16.7 Å². The van der Waals surface area contributed by atoms with E-state index < -0.39 is 17.6 Å². The third-order valence-electron chi connectivity index (χ3n) is 4.38. The number of alkyl halides is 3. The summed E-state index contributed by atoms with van der Waals surface area (Å²) in [7, 11) is 1.46. The highest BCUT2D eigenvalue weighted by Crippen LogP contribution is 2.38. The van der Waals surface area contributed by atoms with E-state index in [9.17, 15) is 13.2 Å². The van der Waals surface area contributed by atoms with Crippen LogP contribution in [0.1, 0.15) is 18.1 Å². The Morgan fingerprint density at radius 1 is 1.29 bits per heavy atom. The predicted octanol–water partition coefficient (Wildman–Crippen LogP) is 1.99. The minimum Gasteiger partial charge on any atom is -0.482 e. The van der Waals surface area contributed by atoms with E-state index >= 15 is 0 Å². The summed E-state index contributed by atoms with van der Waals surface area (Å²) in [6.45, 7) is 2.18. The molecule has 3 rings (SSSR count). The van der Waals surface area contributed by atoms with E-state index in [0.717, 1.165) is 12.1 Å². The summed E-state index contributed by atoms with van der Waals surface area (Å²) in [6.07, 6.45) is 0.561. The van der Waals surface area contributed by atoms with E-state index in [1.165, 1.54) is 13.2 Å². The van der Waals surface area contributed by atoms with Crippen molar-refractivity contribution in [3.8, 4) is 5.75 Å². The van der Waals surface area contributed by atoms with Gasteiger partial charge in [0.1, 0.15) is 11.6 Å². The molecule has 1 aromatic rings. The number of benzene rings is 1. The highest BCUT2D eigenvalue weighted by atomic mass is 19.4. The van der Waals surface area contributed by atoms with E-state index in [2.05, 4.69) is 15.7 Å². The molecular formula is C18H20F3N5O2. The van der Waals surface area contributed by atoms with Gasteiger partial charge in [-0.15, -0.1) is 0 Å². The maximum absolute atomic E-state index is 13.3. The lowest BCUT2D eigenvalue weighted by atomic mass is 10.0. The number of ether oxygens (including phenoxy) is 2. The van der Waals surface area contributed by atoms with Crippen LogP contribution in [-0.2, 0) is 10.9 Å². The van der Waals surface area contributed by atoms with Gasteiger partial charge in [-0.3, -0.25) is 5.73 Å². The van der Waals surface area contributed by atoms with Crippen molar-refractivity contribution in [2.75, 3.05) is 13.7 Å². The Hall–Kier alpha value is -3.14. The summed E-state index contributed by atoms with van der Waals surface area (Å²) in [5.74, 6) is 4.24. The number of methoxy groups -OCH3 is 1. The largest absolute Gasteiger partial charge is 0.482 e. The van der Waals surface area contributed by atoms with Gasteiger partial charge in [0, 0.05) is 23.3 Å². The summed E-state index contributed by atoms with van der Waals surface area (Å²) in [4.78, 5) is 0. The summed E-state index contributed by atoms with van der Waals surface area (Å²) in [5, 5.41) is 9.28. The van der Waals surface area contributed by atoms with Crippen LogP contribution < -0.4 is 26.9 Å². The van der Waals surface area contributed by atoms with Crippen molar-refractivity contribution >= 4 is 11.4 Å². The third kappa shape index (κ3) is 3.63. The Labute approximate surface area is 159 Å². The standard InChI is InChI=1S/C18H20F3N5O2/c1-10-8-15(26-23)25-18(10,22)28-14-9-11(17(19,20)21)5-6-12(14)13-4-3-7-24-16(13)27-2/h3-6,8-9,24H,7,22-23H2,1-2H3,(H,25,26)/t18-/m1/s1. The zero-order valence-electron chi connectivity index (χ0n) is 15.2. The van der Waals surface area contributed by atoms with Gasteiger partial charge >= 0.3 is 6.18 Å². The number of amidine groups is 1. The van der Waals surface area contributed by atoms with Crippen molar-refractivity contribution in [1.82, 2.24) is 10.6 Å². The van der Waals surface area contributed by atoms with Gasteiger partial charge in [0.15, 0.2) is 5.88 Å². The third-order valence-corrected chi connectivity index (χ3v) is 4.38. The molecule has 2 aliphatic rings. The first kappa shape index (κ1) is 19.6. The number of hydrazone groups is 1. The Balaban J connectivity index is 2.11. The molecule has 0 fully saturated rings. The molecule has 0 amide bonds. The highest BCUT2D eigenvalue weighted by Gasteiger charge is 2.38. The number of hydrogen-bond donors (Lipinski definition) is 4. The van der Waals surface area contributed by atoms with Gasteiger partial charge in [0.25, 0.3) is 5.85 Å². The lowest BCUT2D eigenvalue weighted by Crippen LogP contribution is -2.57. The molecule has 0 saturated carbocycles. The van der Waals surface area contributed by atoms with Crippen LogP contribution in [0.5, 0.6) is 5.75 Å². The fourth-order valence-electron chi connectivity index (χ4n) is 2.89. The molecule has 1 atom stereocenters. The van der Waals surface area contributed by atoms with Gasteiger partial charge in [-0.1, -0.05) is 12.2 Å². The van der Waals surface area contributed by atoms with E-state index in [1.54, 1.807) is 19.1 Å². The van der Waals surface area contributed by atoms with Crippen molar-refractivity contribution in [1.29, 1.82) is 0 Å². The fraction of sp³-hybridized carbons (Fsp3) is 0.278. The second-order valence-corrected chi connectivity index (χ2v) is 6.24. The molecule has 0 radical (unpaired) electrons. The van der Waals surface area contributed by atoms with Crippen LogP contribution in [0.3, 0.4) is 0 Å². The molecule has 150 valence electrons. The van der Waals surface area contributed by atoms with Crippen molar-refractivity contribution in [2.45, 2.75) is 18.9 Å². The lowest BCUT2D eigenvalue weighted by molar-refractivity contribution is -0.137. The second kappa shape index (κ2) is 7.12. The Kier molecular flexibility index (Phi) is 4.99. The lowest BCUT2D eigenvalue weighted by Gasteiger charge is -2.30. The molecule has 2 aliphatic heterocycles. The monoisotopic (exact) mass is 395 g/mol. The molecule has 0 saturated heterocycles. The number of nitrogens with one attached hydrogen (secondary N) is 2. The topological polar surface area (TPSA) is 107 Å². The molecule has 2 heterocycles. The van der Waals surface area contributed by atoms with E-state index in [0.29, 0.717) is 29.1 Å². The van der Waals surface area contributed by atoms with Crippen molar-refractivity contribution in [3.63, 3.8) is 0 Å². The molecule has 0 spiro atoms. The number of nitrogens with two attached hydrogens (primary N) is 2. The Bertz CT molecular complexity index is 905. The SMILES string of the molecule is COC1=C(c2ccc(C(F)(F)F)cc2O[C@]2(N)N/C(=N\N)C=C2C)C=CCN1. The van der Waals surface area contributed by atoms with E-state index in [1.807, 2.05) is 6.08 Å². The van der Waals surface area contributed by atoms with Gasteiger partial charge in [0.05, 0.1) is 12.7 Å². The smallest absolute Gasteiger partial charge is 0.416 e. The van der Waals surface area contributed by atoms with Crippen molar-refractivity contribution < 1.29 is 22.6 Å².